The third kappa shape index (κ3) is 3.94. The van der Waals surface area contributed by atoms with Crippen molar-refractivity contribution in [3.8, 4) is 17.0 Å². The van der Waals surface area contributed by atoms with Gasteiger partial charge in [-0.3, -0.25) is 13.8 Å². The van der Waals surface area contributed by atoms with E-state index in [0.717, 1.165) is 44.6 Å². The van der Waals surface area contributed by atoms with Crippen LogP contribution in [0.3, 0.4) is 0 Å². The van der Waals surface area contributed by atoms with E-state index in [1.165, 1.54) is 24.0 Å². The Labute approximate surface area is 184 Å². The Hall–Kier alpha value is -3.72. The number of nitrogens with one attached hydrogen (secondary N) is 1. The summed E-state index contributed by atoms with van der Waals surface area (Å²) in [5.41, 5.74) is 4.70. The molecule has 0 saturated carbocycles. The molecule has 0 saturated heterocycles. The second-order valence-electron chi connectivity index (χ2n) is 7.66. The van der Waals surface area contributed by atoms with E-state index in [1.807, 2.05) is 30.3 Å². The minimum Gasteiger partial charge on any atom is -0.493 e. The van der Waals surface area contributed by atoms with Crippen molar-refractivity contribution < 1.29 is 17.9 Å². The zero-order chi connectivity index (χ0) is 22.3. The quantitative estimate of drug-likeness (QED) is 0.504. The Morgan fingerprint density at radius 1 is 1.19 bits per heavy atom. The molecular weight excluding hydrogens is 428 g/mol. The molecule has 8 nitrogen and oxygen atoms in total. The molecule has 162 valence electrons. The number of benzene rings is 1. The van der Waals surface area contributed by atoms with Crippen molar-refractivity contribution in [2.75, 3.05) is 12.9 Å². The Kier molecular flexibility index (Phi) is 4.90. The van der Waals surface area contributed by atoms with E-state index in [0.29, 0.717) is 12.3 Å². The van der Waals surface area contributed by atoms with E-state index in [1.54, 1.807) is 6.20 Å². The fourth-order valence-electron chi connectivity index (χ4n) is 3.63. The maximum Gasteiger partial charge on any atom is 0.253 e. The molecule has 4 heterocycles. The average molecular weight is 449 g/mol. The van der Waals surface area contributed by atoms with E-state index in [4.69, 9.17) is 9.72 Å². The summed E-state index contributed by atoms with van der Waals surface area (Å²) in [6.07, 6.45) is 6.35. The maximum atomic E-state index is 12.4. The first-order valence-corrected chi connectivity index (χ1v) is 11.9. The molecule has 0 radical (unpaired) electrons. The molecule has 1 amide bonds. The van der Waals surface area contributed by atoms with E-state index in [-0.39, 0.29) is 18.0 Å². The van der Waals surface area contributed by atoms with E-state index < -0.39 is 10.0 Å². The topological polar surface area (TPSA) is 103 Å². The van der Waals surface area contributed by atoms with E-state index in [2.05, 4.69) is 16.4 Å². The molecule has 0 bridgehead atoms. The summed E-state index contributed by atoms with van der Waals surface area (Å²) in [5, 5.41) is 3.66. The van der Waals surface area contributed by atoms with Gasteiger partial charge in [-0.15, -0.1) is 0 Å². The smallest absolute Gasteiger partial charge is 0.253 e. The van der Waals surface area contributed by atoms with Gasteiger partial charge < -0.3 is 10.1 Å². The van der Waals surface area contributed by atoms with Crippen molar-refractivity contribution in [1.29, 1.82) is 0 Å². The molecule has 1 aromatic carbocycles. The van der Waals surface area contributed by atoms with E-state index in [9.17, 15) is 13.2 Å². The van der Waals surface area contributed by atoms with Crippen molar-refractivity contribution in [2.24, 2.45) is 0 Å². The molecule has 1 aliphatic heterocycles. The van der Waals surface area contributed by atoms with Gasteiger partial charge in [0.15, 0.2) is 0 Å². The Balaban J connectivity index is 1.35. The minimum atomic E-state index is -3.43. The SMILES string of the molecule is CS(=O)(=O)n1ccc(C(=O)NCc2cc3nc(-c4ccc5c(c4)OCC5)ccc3cn2)c1. The Morgan fingerprint density at radius 3 is 2.88 bits per heavy atom. The highest BCUT2D eigenvalue weighted by Gasteiger charge is 2.14. The van der Waals surface area contributed by atoms with E-state index >= 15 is 0 Å². The molecule has 0 fully saturated rings. The van der Waals surface area contributed by atoms with Crippen LogP contribution in [-0.4, -0.2) is 41.1 Å². The molecule has 0 aliphatic carbocycles. The van der Waals surface area contributed by atoms with Gasteiger partial charge >= 0.3 is 0 Å². The summed E-state index contributed by atoms with van der Waals surface area (Å²) < 4.78 is 29.8. The fourth-order valence-corrected chi connectivity index (χ4v) is 4.22. The molecule has 0 atom stereocenters. The third-order valence-electron chi connectivity index (χ3n) is 5.36. The third-order valence-corrected chi connectivity index (χ3v) is 6.36. The van der Waals surface area contributed by atoms with Crippen LogP contribution in [0.15, 0.2) is 61.1 Å². The van der Waals surface area contributed by atoms with Gasteiger partial charge in [-0.05, 0) is 35.9 Å². The molecule has 5 rings (SSSR count). The van der Waals surface area contributed by atoms with Crippen molar-refractivity contribution in [3.63, 3.8) is 0 Å². The number of hydrogen-bond acceptors (Lipinski definition) is 6. The second kappa shape index (κ2) is 7.76. The van der Waals surface area contributed by atoms with Crippen LogP contribution in [0.5, 0.6) is 5.75 Å². The van der Waals surface area contributed by atoms with Gasteiger partial charge in [-0.2, -0.15) is 0 Å². The summed E-state index contributed by atoms with van der Waals surface area (Å²) >= 11 is 0. The summed E-state index contributed by atoms with van der Waals surface area (Å²) in [6.45, 7) is 0.904. The summed E-state index contributed by atoms with van der Waals surface area (Å²) in [4.78, 5) is 21.5. The lowest BCUT2D eigenvalue weighted by Crippen LogP contribution is -2.23. The number of carbonyl (C=O) groups is 1. The number of rotatable bonds is 5. The summed E-state index contributed by atoms with van der Waals surface area (Å²) in [7, 11) is -3.43. The largest absolute Gasteiger partial charge is 0.493 e. The number of amides is 1. The van der Waals surface area contributed by atoms with Crippen LogP contribution < -0.4 is 10.1 Å². The van der Waals surface area contributed by atoms with Crippen LogP contribution in [0.25, 0.3) is 22.2 Å². The number of nitrogens with zero attached hydrogens (tertiary/aromatic N) is 3. The standard InChI is InChI=1S/C23H20N4O4S/c1-32(29,30)27-8-6-18(14-27)23(28)25-13-19-11-21-17(12-24-19)4-5-20(26-21)16-3-2-15-7-9-31-22(15)10-16/h2-6,8,10-12,14H,7,9,13H2,1H3,(H,25,28). The first-order chi connectivity index (χ1) is 15.4. The number of aromatic nitrogens is 3. The molecule has 1 N–H and O–H groups in total. The number of carbonyl (C=O) groups excluding carboxylic acids is 1. The number of ether oxygens (including phenoxy) is 1. The van der Waals surface area contributed by atoms with Crippen molar-refractivity contribution >= 4 is 26.8 Å². The van der Waals surface area contributed by atoms with Crippen LogP contribution in [0.4, 0.5) is 0 Å². The molecule has 0 unspecified atom stereocenters. The lowest BCUT2D eigenvalue weighted by atomic mass is 10.1. The van der Waals surface area contributed by atoms with Crippen LogP contribution in [0.1, 0.15) is 21.6 Å². The van der Waals surface area contributed by atoms with Gasteiger partial charge in [0.05, 0.1) is 41.9 Å². The molecular formula is C23H20N4O4S. The van der Waals surface area contributed by atoms with Gasteiger partial charge in [0.25, 0.3) is 5.91 Å². The number of hydrogen-bond donors (Lipinski definition) is 1. The average Bonchev–Trinajstić information content (AvgIpc) is 3.46. The summed E-state index contributed by atoms with van der Waals surface area (Å²) in [5.74, 6) is 0.529. The van der Waals surface area contributed by atoms with Crippen LogP contribution in [-0.2, 0) is 23.0 Å². The first kappa shape index (κ1) is 20.2. The highest BCUT2D eigenvalue weighted by atomic mass is 32.2. The van der Waals surface area contributed by atoms with Crippen molar-refractivity contribution in [1.82, 2.24) is 19.3 Å². The lowest BCUT2D eigenvalue weighted by Gasteiger charge is -2.08. The minimum absolute atomic E-state index is 0.192. The molecule has 32 heavy (non-hydrogen) atoms. The van der Waals surface area contributed by atoms with Crippen LogP contribution in [0.2, 0.25) is 0 Å². The molecule has 9 heteroatoms. The van der Waals surface area contributed by atoms with Gasteiger partial charge in [0, 0.05) is 36.0 Å². The maximum absolute atomic E-state index is 12.4. The monoisotopic (exact) mass is 448 g/mol. The van der Waals surface area contributed by atoms with Gasteiger partial charge in [0.2, 0.25) is 10.0 Å². The second-order valence-corrected chi connectivity index (χ2v) is 9.55. The van der Waals surface area contributed by atoms with Crippen LogP contribution in [0, 0.1) is 0 Å². The molecule has 3 aromatic heterocycles. The zero-order valence-electron chi connectivity index (χ0n) is 17.3. The Morgan fingerprint density at radius 2 is 2.06 bits per heavy atom. The van der Waals surface area contributed by atoms with Crippen LogP contribution >= 0.6 is 0 Å². The van der Waals surface area contributed by atoms with Gasteiger partial charge in [-0.1, -0.05) is 12.1 Å². The number of fused-ring (bicyclic) bond motifs is 2. The van der Waals surface area contributed by atoms with Crippen molar-refractivity contribution in [3.05, 3.63) is 77.9 Å². The predicted molar refractivity (Wildman–Crippen MR) is 120 cm³/mol. The fraction of sp³-hybridized carbons (Fsp3) is 0.174. The van der Waals surface area contributed by atoms with Gasteiger partial charge in [0.1, 0.15) is 5.75 Å². The zero-order valence-corrected chi connectivity index (χ0v) is 18.1. The predicted octanol–water partition coefficient (Wildman–Crippen LogP) is 2.77. The first-order valence-electron chi connectivity index (χ1n) is 10.1. The lowest BCUT2D eigenvalue weighted by molar-refractivity contribution is 0.0950. The van der Waals surface area contributed by atoms with Gasteiger partial charge in [-0.25, -0.2) is 13.4 Å². The molecule has 4 aromatic rings. The molecule has 0 spiro atoms. The normalized spacial score (nSPS) is 13.0. The Bertz CT molecular complexity index is 1460. The number of pyridine rings is 2. The molecule has 1 aliphatic rings. The highest BCUT2D eigenvalue weighted by Crippen LogP contribution is 2.31. The highest BCUT2D eigenvalue weighted by molar-refractivity contribution is 7.89. The van der Waals surface area contributed by atoms with Crippen molar-refractivity contribution in [2.45, 2.75) is 13.0 Å². The summed E-state index contributed by atoms with van der Waals surface area (Å²) in [6, 6.07) is 13.4.